The van der Waals surface area contributed by atoms with Crippen LogP contribution in [0.4, 0.5) is 15.9 Å². The van der Waals surface area contributed by atoms with Crippen molar-refractivity contribution in [3.05, 3.63) is 59.0 Å². The van der Waals surface area contributed by atoms with Crippen molar-refractivity contribution in [3.63, 3.8) is 0 Å². The number of benzene rings is 2. The summed E-state index contributed by atoms with van der Waals surface area (Å²) in [4.78, 5) is 13.9. The minimum atomic E-state index is -0.308. The predicted octanol–water partition coefficient (Wildman–Crippen LogP) is 3.99. The molecule has 3 aliphatic rings. The summed E-state index contributed by atoms with van der Waals surface area (Å²) in [5, 5.41) is 8.15. The van der Waals surface area contributed by atoms with Crippen LogP contribution in [0.2, 0.25) is 5.02 Å². The molecule has 0 unspecified atom stereocenters. The fourth-order valence-electron chi connectivity index (χ4n) is 6.58. The minimum Gasteiger partial charge on any atom is -0.490 e. The van der Waals surface area contributed by atoms with Crippen molar-refractivity contribution in [2.75, 3.05) is 49.6 Å². The van der Waals surface area contributed by atoms with Gasteiger partial charge in [0.05, 0.1) is 29.1 Å². The molecule has 8 nitrogen and oxygen atoms in total. The van der Waals surface area contributed by atoms with Crippen LogP contribution in [0, 0.1) is 17.7 Å². The van der Waals surface area contributed by atoms with Gasteiger partial charge in [0.1, 0.15) is 29.5 Å². The summed E-state index contributed by atoms with van der Waals surface area (Å²) >= 11 is 6.83. The van der Waals surface area contributed by atoms with Crippen molar-refractivity contribution in [2.45, 2.75) is 11.8 Å². The number of nitrogens with one attached hydrogen (secondary N) is 1. The van der Waals surface area contributed by atoms with Crippen molar-refractivity contribution < 1.29 is 9.13 Å². The predicted molar refractivity (Wildman–Crippen MR) is 142 cm³/mol. The Hall–Kier alpha value is -3.43. The first-order valence-electron chi connectivity index (χ1n) is 12.6. The van der Waals surface area contributed by atoms with E-state index in [1.54, 1.807) is 12.3 Å². The van der Waals surface area contributed by atoms with Crippen molar-refractivity contribution in [2.24, 2.45) is 17.6 Å². The molecule has 3 atom stereocenters. The van der Waals surface area contributed by atoms with Gasteiger partial charge >= 0.3 is 0 Å². The molecule has 4 aromatic rings. The van der Waals surface area contributed by atoms with Gasteiger partial charge in [-0.25, -0.2) is 14.4 Å². The second-order valence-corrected chi connectivity index (χ2v) is 10.6. The van der Waals surface area contributed by atoms with E-state index in [1.165, 1.54) is 6.07 Å². The molecule has 3 N–H and O–H groups in total. The number of hydrogen-bond acceptors (Lipinski definition) is 7. The smallest absolute Gasteiger partial charge is 0.202 e. The Balaban J connectivity index is 1.19. The summed E-state index contributed by atoms with van der Waals surface area (Å²) in [5.41, 5.74) is 10.3. The SMILES string of the molecule is CN1CCOc2ccc(-c3[nH]nc4nc(N5CC[C@@H]6[C@H](C5)[C@@]6(CN)c5ccccc5F)cnc34)c(Cl)c21. The fraction of sp³-hybridized carbons (Fsp3) is 0.370. The fourth-order valence-corrected chi connectivity index (χ4v) is 6.97. The molecule has 7 rings (SSSR count). The van der Waals surface area contributed by atoms with E-state index in [0.29, 0.717) is 35.3 Å². The highest BCUT2D eigenvalue weighted by Crippen LogP contribution is 2.63. The summed E-state index contributed by atoms with van der Waals surface area (Å²) in [6.07, 6.45) is 2.72. The van der Waals surface area contributed by atoms with Crippen molar-refractivity contribution in [1.82, 2.24) is 20.2 Å². The lowest BCUT2D eigenvalue weighted by atomic mass is 9.91. The molecule has 0 radical (unpaired) electrons. The molecule has 2 fully saturated rings. The van der Waals surface area contributed by atoms with Gasteiger partial charge in [0.25, 0.3) is 0 Å². The van der Waals surface area contributed by atoms with E-state index in [1.807, 2.05) is 31.3 Å². The Morgan fingerprint density at radius 2 is 2.08 bits per heavy atom. The van der Waals surface area contributed by atoms with Crippen LogP contribution >= 0.6 is 11.6 Å². The van der Waals surface area contributed by atoms with E-state index < -0.39 is 0 Å². The number of H-pyrrole nitrogens is 1. The van der Waals surface area contributed by atoms with Gasteiger partial charge in [0, 0.05) is 37.7 Å². The average molecular weight is 520 g/mol. The lowest BCUT2D eigenvalue weighted by Crippen LogP contribution is -2.32. The van der Waals surface area contributed by atoms with Crippen molar-refractivity contribution in [1.29, 1.82) is 0 Å². The number of hydrogen-bond donors (Lipinski definition) is 2. The van der Waals surface area contributed by atoms with Gasteiger partial charge in [-0.3, -0.25) is 5.10 Å². The Morgan fingerprint density at radius 3 is 2.92 bits per heavy atom. The number of aromatic nitrogens is 4. The average Bonchev–Trinajstić information content (AvgIpc) is 3.38. The Labute approximate surface area is 218 Å². The highest BCUT2D eigenvalue weighted by molar-refractivity contribution is 6.36. The summed E-state index contributed by atoms with van der Waals surface area (Å²) in [5.74, 6) is 2.03. The lowest BCUT2D eigenvalue weighted by molar-refractivity contribution is 0.311. The van der Waals surface area contributed by atoms with Gasteiger partial charge in [-0.2, -0.15) is 5.10 Å². The molecule has 4 heterocycles. The van der Waals surface area contributed by atoms with Crippen LogP contribution in [0.3, 0.4) is 0 Å². The second kappa shape index (κ2) is 8.29. The topological polar surface area (TPSA) is 96.2 Å². The number of aromatic amines is 1. The van der Waals surface area contributed by atoms with E-state index in [2.05, 4.69) is 20.0 Å². The number of halogens is 2. The number of nitrogens with two attached hydrogens (primary N) is 1. The first-order chi connectivity index (χ1) is 18.0. The highest BCUT2D eigenvalue weighted by atomic mass is 35.5. The number of anilines is 2. The monoisotopic (exact) mass is 519 g/mol. The molecule has 2 aliphatic heterocycles. The van der Waals surface area contributed by atoms with Crippen LogP contribution in [-0.4, -0.2) is 60.0 Å². The Kier molecular flexibility index (Phi) is 5.10. The standard InChI is InChI=1S/C27H27ClFN7O/c1-35-10-11-37-20-7-6-15(22(28)25(20)35)23-24-26(34-33-23)32-21(12-31-24)36-9-8-16-18(13-36)27(16,14-30)17-4-2-3-5-19(17)29/h2-7,12,16,18H,8-11,13-14,30H2,1H3,(H,32,33,34)/t16-,18+,27-/m1/s1. The third-order valence-electron chi connectivity index (χ3n) is 8.53. The van der Waals surface area contributed by atoms with Crippen LogP contribution < -0.4 is 20.3 Å². The molecule has 2 aromatic heterocycles. The van der Waals surface area contributed by atoms with Gasteiger partial charge in [-0.15, -0.1) is 0 Å². The molecule has 0 amide bonds. The van der Waals surface area contributed by atoms with Gasteiger partial charge in [-0.1, -0.05) is 29.8 Å². The number of ether oxygens (including phenoxy) is 1. The Bertz CT molecular complexity index is 1530. The molecule has 1 saturated carbocycles. The summed E-state index contributed by atoms with van der Waals surface area (Å²) in [6.45, 7) is 3.41. The number of piperidine rings is 1. The van der Waals surface area contributed by atoms with E-state index in [-0.39, 0.29) is 17.2 Å². The third-order valence-corrected chi connectivity index (χ3v) is 8.91. The minimum absolute atomic E-state index is 0.169. The largest absolute Gasteiger partial charge is 0.490 e. The van der Waals surface area contributed by atoms with Crippen LogP contribution in [-0.2, 0) is 5.41 Å². The number of fused-ring (bicyclic) bond motifs is 3. The van der Waals surface area contributed by atoms with Crippen LogP contribution in [0.1, 0.15) is 12.0 Å². The molecular weight excluding hydrogens is 493 g/mol. The molecule has 1 aliphatic carbocycles. The number of rotatable bonds is 4. The zero-order valence-corrected chi connectivity index (χ0v) is 21.2. The molecule has 10 heteroatoms. The maximum absolute atomic E-state index is 14.7. The molecule has 0 spiro atoms. The van der Waals surface area contributed by atoms with Gasteiger partial charge in [-0.05, 0) is 42.0 Å². The van der Waals surface area contributed by atoms with E-state index in [4.69, 9.17) is 32.0 Å². The van der Waals surface area contributed by atoms with Crippen LogP contribution in [0.5, 0.6) is 5.75 Å². The first-order valence-corrected chi connectivity index (χ1v) is 13.0. The van der Waals surface area contributed by atoms with Gasteiger partial charge in [0.2, 0.25) is 5.65 Å². The summed E-state index contributed by atoms with van der Waals surface area (Å²) in [7, 11) is 2.00. The maximum atomic E-state index is 14.7. The Morgan fingerprint density at radius 1 is 1.22 bits per heavy atom. The second-order valence-electron chi connectivity index (χ2n) is 10.2. The summed E-state index contributed by atoms with van der Waals surface area (Å²) in [6, 6.07) is 10.9. The quantitative estimate of drug-likeness (QED) is 0.421. The normalized spacial score (nSPS) is 24.5. The van der Waals surface area contributed by atoms with E-state index >= 15 is 0 Å². The van der Waals surface area contributed by atoms with Crippen LogP contribution in [0.15, 0.2) is 42.6 Å². The van der Waals surface area contributed by atoms with Crippen LogP contribution in [0.25, 0.3) is 22.4 Å². The third kappa shape index (κ3) is 3.26. The van der Waals surface area contributed by atoms with Gasteiger partial charge in [0.15, 0.2) is 0 Å². The van der Waals surface area contributed by atoms with Gasteiger partial charge < -0.3 is 20.3 Å². The highest BCUT2D eigenvalue weighted by Gasteiger charge is 2.66. The molecule has 37 heavy (non-hydrogen) atoms. The van der Waals surface area contributed by atoms with E-state index in [9.17, 15) is 4.39 Å². The molecular formula is C27H27ClFN7O. The molecule has 2 aromatic carbocycles. The molecule has 0 bridgehead atoms. The number of nitrogens with zero attached hydrogens (tertiary/aromatic N) is 5. The summed E-state index contributed by atoms with van der Waals surface area (Å²) < 4.78 is 20.5. The number of likely N-dealkylation sites (N-methyl/N-ethyl adjacent to an activating group) is 1. The maximum Gasteiger partial charge on any atom is 0.202 e. The molecule has 190 valence electrons. The lowest BCUT2D eigenvalue weighted by Gasteiger charge is -2.29. The zero-order valence-electron chi connectivity index (χ0n) is 20.4. The van der Waals surface area contributed by atoms with Crippen molar-refractivity contribution >= 4 is 34.3 Å². The van der Waals surface area contributed by atoms with E-state index in [0.717, 1.165) is 60.1 Å². The van der Waals surface area contributed by atoms with Crippen molar-refractivity contribution in [3.8, 4) is 17.0 Å². The first kappa shape index (κ1) is 22.7. The zero-order chi connectivity index (χ0) is 25.3. The molecule has 1 saturated heterocycles.